The summed E-state index contributed by atoms with van der Waals surface area (Å²) in [5.74, 6) is -1.09. The van der Waals surface area contributed by atoms with Gasteiger partial charge in [0.25, 0.3) is 0 Å². The molecule has 0 aromatic carbocycles. The molecule has 8 nitrogen and oxygen atoms in total. The lowest BCUT2D eigenvalue weighted by Crippen LogP contribution is -2.39. The number of nitrogens with one attached hydrogen (secondary N) is 3. The molecule has 8 heteroatoms. The summed E-state index contributed by atoms with van der Waals surface area (Å²) >= 11 is 0. The first-order chi connectivity index (χ1) is 9.32. The standard InChI is InChI=1S/C12H23N3O5/c1-8(2)7-15-10(17)4-6-14-12(20)13-5-3-9(16)11(18)19/h8-9,16H,3-7H2,1-2H3,(H,15,17)(H,18,19)(H2,13,14,20)/t9-/m0/s1. The molecule has 0 aromatic rings. The molecule has 0 aliphatic heterocycles. The van der Waals surface area contributed by atoms with Crippen molar-refractivity contribution in [2.75, 3.05) is 19.6 Å². The second-order valence-electron chi connectivity index (χ2n) is 4.77. The third-order valence-corrected chi connectivity index (χ3v) is 2.33. The minimum Gasteiger partial charge on any atom is -0.479 e. The van der Waals surface area contributed by atoms with E-state index >= 15 is 0 Å². The molecule has 0 saturated carbocycles. The number of carbonyl (C=O) groups is 3. The van der Waals surface area contributed by atoms with Crippen LogP contribution in [0.4, 0.5) is 4.79 Å². The van der Waals surface area contributed by atoms with Crippen LogP contribution in [-0.2, 0) is 9.59 Å². The largest absolute Gasteiger partial charge is 0.479 e. The van der Waals surface area contributed by atoms with Gasteiger partial charge in [0.15, 0.2) is 6.10 Å². The van der Waals surface area contributed by atoms with Crippen LogP contribution in [0.15, 0.2) is 0 Å². The number of urea groups is 1. The molecule has 0 fully saturated rings. The number of amides is 3. The maximum atomic E-state index is 11.3. The molecule has 0 spiro atoms. The normalized spacial score (nSPS) is 11.8. The molecule has 0 radical (unpaired) electrons. The van der Waals surface area contributed by atoms with E-state index in [1.807, 2.05) is 13.8 Å². The monoisotopic (exact) mass is 289 g/mol. The van der Waals surface area contributed by atoms with Crippen LogP contribution in [0.5, 0.6) is 0 Å². The highest BCUT2D eigenvalue weighted by Crippen LogP contribution is 1.89. The molecule has 0 bridgehead atoms. The number of carboxylic acid groups (broad SMARTS) is 1. The first-order valence-corrected chi connectivity index (χ1v) is 6.52. The molecule has 1 atom stereocenters. The molecule has 0 aromatic heterocycles. The van der Waals surface area contributed by atoms with E-state index in [9.17, 15) is 14.4 Å². The number of rotatable bonds is 9. The van der Waals surface area contributed by atoms with Gasteiger partial charge in [-0.25, -0.2) is 9.59 Å². The van der Waals surface area contributed by atoms with Crippen molar-refractivity contribution in [1.29, 1.82) is 0 Å². The van der Waals surface area contributed by atoms with Crippen LogP contribution in [0.1, 0.15) is 26.7 Å². The lowest BCUT2D eigenvalue weighted by Gasteiger charge is -2.10. The van der Waals surface area contributed by atoms with Crippen molar-refractivity contribution in [3.63, 3.8) is 0 Å². The quantitative estimate of drug-likeness (QED) is 0.383. The predicted octanol–water partition coefficient (Wildman–Crippen LogP) is -0.716. The van der Waals surface area contributed by atoms with Crippen LogP contribution in [-0.4, -0.2) is 53.9 Å². The Kier molecular flexibility index (Phi) is 9.10. The SMILES string of the molecule is CC(C)CNC(=O)CCNC(=O)NCC[C@H](O)C(=O)O. The molecule has 116 valence electrons. The zero-order chi connectivity index (χ0) is 15.5. The highest BCUT2D eigenvalue weighted by atomic mass is 16.4. The summed E-state index contributed by atoms with van der Waals surface area (Å²) in [6.45, 7) is 4.79. The van der Waals surface area contributed by atoms with E-state index < -0.39 is 18.1 Å². The number of hydrogen-bond donors (Lipinski definition) is 5. The Morgan fingerprint density at radius 3 is 2.20 bits per heavy atom. The lowest BCUT2D eigenvalue weighted by atomic mass is 10.2. The molecule has 3 amide bonds. The van der Waals surface area contributed by atoms with Crippen molar-refractivity contribution in [3.8, 4) is 0 Å². The van der Waals surface area contributed by atoms with E-state index in [1.165, 1.54) is 0 Å². The maximum absolute atomic E-state index is 11.3. The number of aliphatic hydroxyl groups is 1. The molecule has 0 aliphatic rings. The van der Waals surface area contributed by atoms with Gasteiger partial charge in [-0.15, -0.1) is 0 Å². The van der Waals surface area contributed by atoms with Crippen LogP contribution in [0.25, 0.3) is 0 Å². The fourth-order valence-corrected chi connectivity index (χ4v) is 1.20. The molecular formula is C12H23N3O5. The summed E-state index contributed by atoms with van der Waals surface area (Å²) in [6, 6.07) is -0.501. The van der Waals surface area contributed by atoms with E-state index in [2.05, 4.69) is 16.0 Å². The van der Waals surface area contributed by atoms with Crippen LogP contribution < -0.4 is 16.0 Å². The fraction of sp³-hybridized carbons (Fsp3) is 0.750. The Morgan fingerprint density at radius 2 is 1.65 bits per heavy atom. The van der Waals surface area contributed by atoms with Crippen molar-refractivity contribution in [1.82, 2.24) is 16.0 Å². The number of aliphatic hydroxyl groups excluding tert-OH is 1. The van der Waals surface area contributed by atoms with Crippen LogP contribution in [0.3, 0.4) is 0 Å². The smallest absolute Gasteiger partial charge is 0.332 e. The Morgan fingerprint density at radius 1 is 1.05 bits per heavy atom. The topological polar surface area (TPSA) is 128 Å². The lowest BCUT2D eigenvalue weighted by molar-refractivity contribution is -0.146. The van der Waals surface area contributed by atoms with Gasteiger partial charge in [-0.1, -0.05) is 13.8 Å². The highest BCUT2D eigenvalue weighted by Gasteiger charge is 2.12. The zero-order valence-corrected chi connectivity index (χ0v) is 11.8. The second-order valence-corrected chi connectivity index (χ2v) is 4.77. The molecule has 0 heterocycles. The van der Waals surface area contributed by atoms with E-state index in [1.54, 1.807) is 0 Å². The summed E-state index contributed by atoms with van der Waals surface area (Å²) in [5.41, 5.74) is 0. The van der Waals surface area contributed by atoms with E-state index in [4.69, 9.17) is 10.2 Å². The third kappa shape index (κ3) is 10.1. The highest BCUT2D eigenvalue weighted by molar-refractivity contribution is 5.78. The van der Waals surface area contributed by atoms with Crippen molar-refractivity contribution in [2.45, 2.75) is 32.8 Å². The summed E-state index contributed by atoms with van der Waals surface area (Å²) in [6.07, 6.45) is -1.38. The van der Waals surface area contributed by atoms with E-state index in [0.717, 1.165) is 0 Å². The molecule has 0 rings (SSSR count). The minimum absolute atomic E-state index is 0.0405. The van der Waals surface area contributed by atoms with Gasteiger partial charge in [0, 0.05) is 32.5 Å². The van der Waals surface area contributed by atoms with E-state index in [0.29, 0.717) is 12.5 Å². The average Bonchev–Trinajstić information content (AvgIpc) is 2.36. The summed E-state index contributed by atoms with van der Waals surface area (Å²) < 4.78 is 0. The number of carbonyl (C=O) groups excluding carboxylic acids is 2. The van der Waals surface area contributed by atoms with Gasteiger partial charge >= 0.3 is 12.0 Å². The van der Waals surface area contributed by atoms with Crippen molar-refractivity contribution >= 4 is 17.9 Å². The number of carboxylic acids is 1. The van der Waals surface area contributed by atoms with Gasteiger partial charge in [0.1, 0.15) is 0 Å². The number of hydrogen-bond acceptors (Lipinski definition) is 4. The number of aliphatic carboxylic acids is 1. The van der Waals surface area contributed by atoms with Crippen molar-refractivity contribution < 1.29 is 24.6 Å². The average molecular weight is 289 g/mol. The Balaban J connectivity index is 3.58. The molecule has 0 aliphatic carbocycles. The van der Waals surface area contributed by atoms with Crippen LogP contribution in [0.2, 0.25) is 0 Å². The Labute approximate surface area is 117 Å². The molecule has 5 N–H and O–H groups in total. The van der Waals surface area contributed by atoms with Gasteiger partial charge in [-0.3, -0.25) is 4.79 Å². The molecule has 0 unspecified atom stereocenters. The minimum atomic E-state index is -1.49. The maximum Gasteiger partial charge on any atom is 0.332 e. The molecule has 0 saturated heterocycles. The van der Waals surface area contributed by atoms with Crippen molar-refractivity contribution in [2.24, 2.45) is 5.92 Å². The summed E-state index contributed by atoms with van der Waals surface area (Å²) in [4.78, 5) is 32.9. The van der Waals surface area contributed by atoms with Crippen molar-refractivity contribution in [3.05, 3.63) is 0 Å². The van der Waals surface area contributed by atoms with Gasteiger partial charge in [-0.2, -0.15) is 0 Å². The molecular weight excluding hydrogens is 266 g/mol. The first-order valence-electron chi connectivity index (χ1n) is 6.52. The van der Waals surface area contributed by atoms with Crippen LogP contribution in [0, 0.1) is 5.92 Å². The van der Waals surface area contributed by atoms with Gasteiger partial charge in [0.2, 0.25) is 5.91 Å². The molecule has 20 heavy (non-hydrogen) atoms. The second kappa shape index (κ2) is 10.0. The first kappa shape index (κ1) is 18.2. The Hall–Kier alpha value is -1.83. The third-order valence-electron chi connectivity index (χ3n) is 2.33. The summed E-state index contributed by atoms with van der Waals surface area (Å²) in [5, 5.41) is 25.0. The van der Waals surface area contributed by atoms with Gasteiger partial charge < -0.3 is 26.2 Å². The fourth-order valence-electron chi connectivity index (χ4n) is 1.20. The predicted molar refractivity (Wildman–Crippen MR) is 72.1 cm³/mol. The van der Waals surface area contributed by atoms with Gasteiger partial charge in [0.05, 0.1) is 0 Å². The van der Waals surface area contributed by atoms with E-state index in [-0.39, 0.29) is 31.8 Å². The summed E-state index contributed by atoms with van der Waals surface area (Å²) in [7, 11) is 0. The zero-order valence-electron chi connectivity index (χ0n) is 11.8. The van der Waals surface area contributed by atoms with Gasteiger partial charge in [-0.05, 0) is 5.92 Å². The Bertz CT molecular complexity index is 333. The van der Waals surface area contributed by atoms with Crippen LogP contribution >= 0.6 is 0 Å².